The molecule has 0 aliphatic carbocycles. The molecule has 2 amide bonds. The number of aromatic amines is 2. The van der Waals surface area contributed by atoms with E-state index in [1.165, 1.54) is 14.2 Å². The van der Waals surface area contributed by atoms with Crippen molar-refractivity contribution in [3.05, 3.63) is 40.8 Å². The average molecular weight is 385 g/mol. The second-order valence-electron chi connectivity index (χ2n) is 5.83. The van der Waals surface area contributed by atoms with Crippen molar-refractivity contribution < 1.29 is 19.1 Å². The van der Waals surface area contributed by atoms with Gasteiger partial charge in [-0.25, -0.2) is 9.78 Å². The number of aromatic nitrogens is 3. The molecule has 0 fully saturated rings. The van der Waals surface area contributed by atoms with Gasteiger partial charge in [0.05, 0.1) is 25.4 Å². The van der Waals surface area contributed by atoms with Crippen molar-refractivity contribution in [3.63, 3.8) is 0 Å². The molecule has 3 aromatic rings. The van der Waals surface area contributed by atoms with E-state index in [1.54, 1.807) is 30.3 Å². The lowest BCUT2D eigenvalue weighted by atomic mass is 10.2. The van der Waals surface area contributed by atoms with Crippen molar-refractivity contribution in [2.24, 2.45) is 0 Å². The summed E-state index contributed by atoms with van der Waals surface area (Å²) in [5, 5.41) is 5.29. The lowest BCUT2D eigenvalue weighted by molar-refractivity contribution is -0.121. The van der Waals surface area contributed by atoms with E-state index in [1.807, 2.05) is 0 Å². The van der Waals surface area contributed by atoms with Crippen LogP contribution in [0.25, 0.3) is 11.2 Å². The zero-order valence-electron chi connectivity index (χ0n) is 15.3. The molecule has 0 saturated heterocycles. The number of anilines is 2. The molecule has 3 rings (SSSR count). The van der Waals surface area contributed by atoms with E-state index in [2.05, 4.69) is 25.6 Å². The zero-order valence-corrected chi connectivity index (χ0v) is 15.3. The fourth-order valence-corrected chi connectivity index (χ4v) is 2.54. The van der Waals surface area contributed by atoms with Crippen molar-refractivity contribution in [2.45, 2.75) is 12.8 Å². The summed E-state index contributed by atoms with van der Waals surface area (Å²) in [6.07, 6.45) is -0.0725. The molecule has 0 saturated carbocycles. The lowest BCUT2D eigenvalue weighted by Crippen LogP contribution is -2.18. The van der Waals surface area contributed by atoms with Gasteiger partial charge in [-0.1, -0.05) is 0 Å². The molecule has 0 unspecified atom stereocenters. The molecule has 2 aromatic heterocycles. The number of H-pyrrole nitrogens is 2. The van der Waals surface area contributed by atoms with Crippen molar-refractivity contribution in [1.29, 1.82) is 0 Å². The van der Waals surface area contributed by atoms with Crippen molar-refractivity contribution in [3.8, 4) is 11.5 Å². The van der Waals surface area contributed by atoms with Crippen LogP contribution in [0.2, 0.25) is 0 Å². The highest BCUT2D eigenvalue weighted by Crippen LogP contribution is 2.29. The summed E-state index contributed by atoms with van der Waals surface area (Å²) in [5.74, 6) is 0.606. The number of benzene rings is 1. The molecule has 4 N–H and O–H groups in total. The maximum atomic E-state index is 12.2. The fraction of sp³-hybridized carbons (Fsp3) is 0.222. The first-order chi connectivity index (χ1) is 13.5. The number of nitrogens with zero attached hydrogens (tertiary/aromatic N) is 1. The Morgan fingerprint density at radius 1 is 1.00 bits per heavy atom. The van der Waals surface area contributed by atoms with E-state index in [0.717, 1.165) is 0 Å². The summed E-state index contributed by atoms with van der Waals surface area (Å²) in [5.41, 5.74) is 0.951. The number of ether oxygens (including phenoxy) is 2. The first kappa shape index (κ1) is 19.0. The Morgan fingerprint density at radius 3 is 2.46 bits per heavy atom. The third-order valence-corrected chi connectivity index (χ3v) is 3.90. The normalized spacial score (nSPS) is 10.5. The van der Waals surface area contributed by atoms with Gasteiger partial charge in [-0.15, -0.1) is 0 Å². The number of carbonyl (C=O) groups is 2. The summed E-state index contributed by atoms with van der Waals surface area (Å²) in [6.45, 7) is 0. The molecule has 0 aliphatic heterocycles. The number of imidazole rings is 1. The van der Waals surface area contributed by atoms with E-state index >= 15 is 0 Å². The number of pyridine rings is 1. The zero-order chi connectivity index (χ0) is 20.1. The largest absolute Gasteiger partial charge is 0.497 e. The maximum absolute atomic E-state index is 12.2. The van der Waals surface area contributed by atoms with Crippen molar-refractivity contribution in [2.75, 3.05) is 24.9 Å². The minimum atomic E-state index is -0.379. The van der Waals surface area contributed by atoms with E-state index in [0.29, 0.717) is 28.4 Å². The van der Waals surface area contributed by atoms with Crippen LogP contribution in [0.1, 0.15) is 12.8 Å². The van der Waals surface area contributed by atoms with Crippen LogP contribution in [-0.4, -0.2) is 41.0 Å². The molecule has 0 aliphatic rings. The molecule has 0 atom stereocenters. The van der Waals surface area contributed by atoms with Gasteiger partial charge >= 0.3 is 5.69 Å². The van der Waals surface area contributed by atoms with Crippen LogP contribution in [0.15, 0.2) is 35.1 Å². The Balaban J connectivity index is 1.56. The Labute approximate surface area is 159 Å². The van der Waals surface area contributed by atoms with Gasteiger partial charge in [0.1, 0.15) is 17.3 Å². The molecular formula is C18H19N5O5. The van der Waals surface area contributed by atoms with Crippen LogP contribution in [0.5, 0.6) is 11.5 Å². The Bertz CT molecular complexity index is 1070. The van der Waals surface area contributed by atoms with E-state index < -0.39 is 0 Å². The number of methoxy groups -OCH3 is 2. The van der Waals surface area contributed by atoms with Gasteiger partial charge in [0.2, 0.25) is 11.8 Å². The summed E-state index contributed by atoms with van der Waals surface area (Å²) >= 11 is 0. The smallest absolute Gasteiger partial charge is 0.325 e. The first-order valence-electron chi connectivity index (χ1n) is 8.39. The van der Waals surface area contributed by atoms with Gasteiger partial charge in [-0.05, 0) is 24.3 Å². The molecule has 0 bridgehead atoms. The number of nitrogens with one attached hydrogen (secondary N) is 4. The van der Waals surface area contributed by atoms with Gasteiger partial charge in [-0.3, -0.25) is 14.6 Å². The molecule has 10 heteroatoms. The monoisotopic (exact) mass is 385 g/mol. The van der Waals surface area contributed by atoms with Crippen LogP contribution in [0, 0.1) is 0 Å². The summed E-state index contributed by atoms with van der Waals surface area (Å²) in [7, 11) is 3.01. The minimum Gasteiger partial charge on any atom is -0.497 e. The summed E-state index contributed by atoms with van der Waals surface area (Å²) < 4.78 is 10.3. The maximum Gasteiger partial charge on any atom is 0.325 e. The molecule has 146 valence electrons. The van der Waals surface area contributed by atoms with E-state index in [4.69, 9.17) is 9.47 Å². The Morgan fingerprint density at radius 2 is 1.75 bits per heavy atom. The Hall–Kier alpha value is -3.82. The SMILES string of the molecule is COc1ccc(OC)c(NC(=O)CCC(=O)Nc2ccc3[nH]c(=O)[nH]c3n2)c1. The van der Waals surface area contributed by atoms with Gasteiger partial charge in [-0.2, -0.15) is 0 Å². The minimum absolute atomic E-state index is 0.0323. The second-order valence-corrected chi connectivity index (χ2v) is 5.83. The van der Waals surface area contributed by atoms with Crippen LogP contribution in [-0.2, 0) is 9.59 Å². The van der Waals surface area contributed by atoms with Gasteiger partial charge < -0.3 is 25.1 Å². The van der Waals surface area contributed by atoms with Gasteiger partial charge in [0.15, 0.2) is 5.65 Å². The van der Waals surface area contributed by atoms with Crippen LogP contribution < -0.4 is 25.8 Å². The highest BCUT2D eigenvalue weighted by atomic mass is 16.5. The van der Waals surface area contributed by atoms with Crippen LogP contribution in [0.3, 0.4) is 0 Å². The standard InChI is InChI=1S/C18H19N5O5/c1-27-10-3-5-13(28-2)12(9-10)19-15(24)7-8-16(25)21-14-6-4-11-17(22-14)23-18(26)20-11/h3-6,9H,7-8H2,1-2H3,(H,19,24)(H3,20,21,22,23,25,26). The highest BCUT2D eigenvalue weighted by Gasteiger charge is 2.12. The molecule has 28 heavy (non-hydrogen) atoms. The number of amides is 2. The number of fused-ring (bicyclic) bond motifs is 1. The predicted molar refractivity (Wildman–Crippen MR) is 103 cm³/mol. The third kappa shape index (κ3) is 4.47. The topological polar surface area (TPSA) is 138 Å². The van der Waals surface area contributed by atoms with Gasteiger partial charge in [0, 0.05) is 18.9 Å². The number of hydrogen-bond acceptors (Lipinski definition) is 6. The Kier molecular flexibility index (Phi) is 5.58. The molecule has 0 spiro atoms. The third-order valence-electron chi connectivity index (χ3n) is 3.90. The van der Waals surface area contributed by atoms with Gasteiger partial charge in [0.25, 0.3) is 0 Å². The molecule has 1 aromatic carbocycles. The first-order valence-corrected chi connectivity index (χ1v) is 8.39. The molecule has 10 nitrogen and oxygen atoms in total. The van der Waals surface area contributed by atoms with Crippen molar-refractivity contribution in [1.82, 2.24) is 15.0 Å². The van der Waals surface area contributed by atoms with E-state index in [9.17, 15) is 14.4 Å². The predicted octanol–water partition coefficient (Wildman–Crippen LogP) is 1.63. The quantitative estimate of drug-likeness (QED) is 0.488. The summed E-state index contributed by atoms with van der Waals surface area (Å²) in [6, 6.07) is 8.20. The number of rotatable bonds is 7. The van der Waals surface area contributed by atoms with Crippen molar-refractivity contribution >= 4 is 34.5 Å². The van der Waals surface area contributed by atoms with E-state index in [-0.39, 0.29) is 36.2 Å². The van der Waals surface area contributed by atoms with Crippen LogP contribution >= 0.6 is 0 Å². The van der Waals surface area contributed by atoms with Crippen LogP contribution in [0.4, 0.5) is 11.5 Å². The molecular weight excluding hydrogens is 366 g/mol. The summed E-state index contributed by atoms with van der Waals surface area (Å²) in [4.78, 5) is 44.7. The number of carbonyl (C=O) groups excluding carboxylic acids is 2. The highest BCUT2D eigenvalue weighted by molar-refractivity contribution is 5.97. The fourth-order valence-electron chi connectivity index (χ4n) is 2.54. The lowest BCUT2D eigenvalue weighted by Gasteiger charge is -2.11. The average Bonchev–Trinajstić information content (AvgIpc) is 3.05. The molecule has 2 heterocycles. The number of hydrogen-bond donors (Lipinski definition) is 4. The molecule has 0 radical (unpaired) electrons. The second kappa shape index (κ2) is 8.25.